The molecule has 0 amide bonds. The van der Waals surface area contributed by atoms with Crippen molar-refractivity contribution in [2.45, 2.75) is 13.0 Å². The maximum Gasteiger partial charge on any atom is 0.255 e. The Kier molecular flexibility index (Phi) is 2.38. The monoisotopic (exact) mass is 313 g/mol. The van der Waals surface area contributed by atoms with Crippen molar-refractivity contribution in [2.75, 3.05) is 6.61 Å². The number of hydrogen-bond donors (Lipinski definition) is 1. The zero-order valence-corrected chi connectivity index (χ0v) is 11.0. The van der Waals surface area contributed by atoms with Crippen LogP contribution in [0.15, 0.2) is 21.4 Å². The average molecular weight is 314 g/mol. The summed E-state index contributed by atoms with van der Waals surface area (Å²) in [6.45, 7) is 2.12. The van der Waals surface area contributed by atoms with E-state index in [9.17, 15) is 14.3 Å². The Morgan fingerprint density at radius 3 is 3.00 bits per heavy atom. The second kappa shape index (κ2) is 3.71. The average Bonchev–Trinajstić information content (AvgIpc) is 2.31. The van der Waals surface area contributed by atoms with Crippen LogP contribution in [0.5, 0.6) is 11.5 Å². The lowest BCUT2D eigenvalue weighted by Gasteiger charge is -2.26. The second-order valence-electron chi connectivity index (χ2n) is 4.30. The number of nitrogens with zero attached hydrogens (tertiary/aromatic N) is 1. The van der Waals surface area contributed by atoms with Crippen LogP contribution in [-0.4, -0.2) is 16.3 Å². The molecule has 2 heterocycles. The van der Waals surface area contributed by atoms with E-state index in [0.717, 1.165) is 6.07 Å². The first-order chi connectivity index (χ1) is 8.50. The van der Waals surface area contributed by atoms with Crippen LogP contribution in [-0.2, 0) is 0 Å². The van der Waals surface area contributed by atoms with Crippen LogP contribution >= 0.6 is 15.9 Å². The van der Waals surface area contributed by atoms with Gasteiger partial charge in [-0.1, -0.05) is 0 Å². The van der Waals surface area contributed by atoms with Crippen molar-refractivity contribution >= 4 is 26.8 Å². The van der Waals surface area contributed by atoms with Crippen molar-refractivity contribution in [2.24, 2.45) is 0 Å². The first-order valence-electron chi connectivity index (χ1n) is 5.39. The lowest BCUT2D eigenvalue weighted by Crippen LogP contribution is -2.30. The van der Waals surface area contributed by atoms with Gasteiger partial charge < -0.3 is 9.84 Å². The third-order valence-corrected chi connectivity index (χ3v) is 3.81. The Labute approximate surface area is 110 Å². The van der Waals surface area contributed by atoms with Crippen LogP contribution < -0.4 is 10.3 Å². The van der Waals surface area contributed by atoms with Gasteiger partial charge in [0.15, 0.2) is 5.75 Å². The molecule has 6 heteroatoms. The fourth-order valence-corrected chi connectivity index (χ4v) is 2.67. The van der Waals surface area contributed by atoms with E-state index >= 15 is 0 Å². The number of benzene rings is 1. The summed E-state index contributed by atoms with van der Waals surface area (Å²) in [5.41, 5.74) is 0.0996. The Hall–Kier alpha value is -1.56. The Bertz CT molecular complexity index is 726. The molecular weight excluding hydrogens is 305 g/mol. The first-order valence-corrected chi connectivity index (χ1v) is 6.19. The number of halogens is 2. The Morgan fingerprint density at radius 2 is 2.28 bits per heavy atom. The second-order valence-corrected chi connectivity index (χ2v) is 5.09. The molecule has 0 aliphatic carbocycles. The molecule has 3 rings (SSSR count). The minimum absolute atomic E-state index is 0.162. The van der Waals surface area contributed by atoms with Gasteiger partial charge >= 0.3 is 0 Å². The molecule has 0 spiro atoms. The fourth-order valence-electron chi connectivity index (χ4n) is 2.25. The lowest BCUT2D eigenvalue weighted by molar-refractivity contribution is 0.241. The maximum atomic E-state index is 13.7. The van der Waals surface area contributed by atoms with Crippen LogP contribution in [0.3, 0.4) is 0 Å². The van der Waals surface area contributed by atoms with Crippen molar-refractivity contribution in [3.8, 4) is 11.5 Å². The molecule has 0 saturated heterocycles. The topological polar surface area (TPSA) is 51.5 Å². The molecule has 94 valence electrons. The van der Waals surface area contributed by atoms with E-state index in [-0.39, 0.29) is 39.6 Å². The molecular formula is C12H9BrFNO3. The molecule has 1 aromatic carbocycles. The quantitative estimate of drug-likeness (QED) is 0.813. The van der Waals surface area contributed by atoms with E-state index in [2.05, 4.69) is 15.9 Å². The largest absolute Gasteiger partial charge is 0.507 e. The SMILES string of the molecule is C[C@H]1COc2c(Br)c(F)cc3c(O)cc(=O)n1c23. The molecule has 1 aromatic heterocycles. The highest BCUT2D eigenvalue weighted by Gasteiger charge is 2.26. The third-order valence-electron chi connectivity index (χ3n) is 3.07. The number of aromatic hydroxyl groups is 1. The van der Waals surface area contributed by atoms with E-state index < -0.39 is 5.82 Å². The van der Waals surface area contributed by atoms with Crippen LogP contribution in [0.2, 0.25) is 0 Å². The van der Waals surface area contributed by atoms with Crippen molar-refractivity contribution in [1.29, 1.82) is 0 Å². The summed E-state index contributed by atoms with van der Waals surface area (Å²) in [6, 6.07) is 2.13. The summed E-state index contributed by atoms with van der Waals surface area (Å²) in [6.07, 6.45) is 0. The maximum absolute atomic E-state index is 13.7. The van der Waals surface area contributed by atoms with Crippen molar-refractivity contribution in [3.05, 3.63) is 32.8 Å². The van der Waals surface area contributed by atoms with Gasteiger partial charge in [0.25, 0.3) is 5.56 Å². The molecule has 0 unspecified atom stereocenters. The zero-order chi connectivity index (χ0) is 13.0. The summed E-state index contributed by atoms with van der Waals surface area (Å²) in [4.78, 5) is 11.9. The van der Waals surface area contributed by atoms with Crippen molar-refractivity contribution < 1.29 is 14.2 Å². The van der Waals surface area contributed by atoms with E-state index in [1.807, 2.05) is 6.92 Å². The smallest absolute Gasteiger partial charge is 0.255 e. The first kappa shape index (κ1) is 11.5. The molecule has 0 bridgehead atoms. The van der Waals surface area contributed by atoms with E-state index in [1.54, 1.807) is 0 Å². The fraction of sp³-hybridized carbons (Fsp3) is 0.250. The number of aromatic nitrogens is 1. The van der Waals surface area contributed by atoms with Gasteiger partial charge in [0.1, 0.15) is 18.2 Å². The van der Waals surface area contributed by atoms with Crippen LogP contribution in [0, 0.1) is 5.82 Å². The molecule has 18 heavy (non-hydrogen) atoms. The molecule has 1 aliphatic heterocycles. The molecule has 1 N–H and O–H groups in total. The molecule has 2 aromatic rings. The summed E-state index contributed by atoms with van der Waals surface area (Å²) >= 11 is 3.10. The van der Waals surface area contributed by atoms with Gasteiger partial charge in [-0.25, -0.2) is 4.39 Å². The molecule has 0 fully saturated rings. The van der Waals surface area contributed by atoms with E-state index in [1.165, 1.54) is 10.6 Å². The highest BCUT2D eigenvalue weighted by atomic mass is 79.9. The highest BCUT2D eigenvalue weighted by Crippen LogP contribution is 2.41. The zero-order valence-electron chi connectivity index (χ0n) is 9.41. The lowest BCUT2D eigenvalue weighted by atomic mass is 10.1. The minimum atomic E-state index is -0.535. The summed E-state index contributed by atoms with van der Waals surface area (Å²) in [5, 5.41) is 10.0. The molecule has 0 radical (unpaired) electrons. The Balaban J connectivity index is 2.61. The molecule has 4 nitrogen and oxygen atoms in total. The molecule has 1 aliphatic rings. The van der Waals surface area contributed by atoms with Crippen LogP contribution in [0.25, 0.3) is 10.9 Å². The van der Waals surface area contributed by atoms with Gasteiger partial charge in [-0.3, -0.25) is 9.36 Å². The van der Waals surface area contributed by atoms with E-state index in [4.69, 9.17) is 4.74 Å². The number of ether oxygens (including phenoxy) is 1. The van der Waals surface area contributed by atoms with Gasteiger partial charge in [0.2, 0.25) is 0 Å². The summed E-state index contributed by atoms with van der Waals surface area (Å²) < 4.78 is 20.9. The summed E-state index contributed by atoms with van der Waals surface area (Å²) in [7, 11) is 0. The van der Waals surface area contributed by atoms with Gasteiger partial charge in [-0.2, -0.15) is 0 Å². The Morgan fingerprint density at radius 1 is 1.56 bits per heavy atom. The molecule has 0 saturated carbocycles. The van der Waals surface area contributed by atoms with Gasteiger partial charge in [-0.05, 0) is 28.9 Å². The summed E-state index contributed by atoms with van der Waals surface area (Å²) in [5.74, 6) is -0.514. The van der Waals surface area contributed by atoms with Gasteiger partial charge in [-0.15, -0.1) is 0 Å². The predicted octanol–water partition coefficient (Wildman–Crippen LogP) is 2.56. The van der Waals surface area contributed by atoms with Crippen molar-refractivity contribution in [3.63, 3.8) is 0 Å². The van der Waals surface area contributed by atoms with Crippen LogP contribution in [0.4, 0.5) is 4.39 Å². The highest BCUT2D eigenvalue weighted by molar-refractivity contribution is 9.10. The van der Waals surface area contributed by atoms with Gasteiger partial charge in [0, 0.05) is 11.5 Å². The number of rotatable bonds is 0. The number of pyridine rings is 1. The normalized spacial score (nSPS) is 17.8. The van der Waals surface area contributed by atoms with Crippen LogP contribution in [0.1, 0.15) is 13.0 Å². The van der Waals surface area contributed by atoms with E-state index in [0.29, 0.717) is 5.52 Å². The predicted molar refractivity (Wildman–Crippen MR) is 67.7 cm³/mol. The minimum Gasteiger partial charge on any atom is -0.507 e. The standard InChI is InChI=1S/C12H9BrFNO3/c1-5-4-18-12-10(13)7(14)2-6-8(16)3-9(17)15(5)11(6)12/h2-3,5,16H,4H2,1H3/t5-/m0/s1. The van der Waals surface area contributed by atoms with Gasteiger partial charge in [0.05, 0.1) is 16.0 Å². The third kappa shape index (κ3) is 1.38. The van der Waals surface area contributed by atoms with Crippen molar-refractivity contribution in [1.82, 2.24) is 4.57 Å². The number of hydrogen-bond acceptors (Lipinski definition) is 3. The molecule has 1 atom stereocenters.